The second-order valence-corrected chi connectivity index (χ2v) is 2.51. The van der Waals surface area contributed by atoms with Gasteiger partial charge in [0, 0.05) is 0 Å². The molecule has 0 heterocycles. The molecule has 64 valence electrons. The van der Waals surface area contributed by atoms with Crippen molar-refractivity contribution in [3.63, 3.8) is 0 Å². The summed E-state index contributed by atoms with van der Waals surface area (Å²) < 4.78 is 0. The average molecular weight is 164 g/mol. The van der Waals surface area contributed by atoms with Crippen LogP contribution in [0.15, 0.2) is 24.8 Å². The molecule has 0 fully saturated rings. The summed E-state index contributed by atoms with van der Waals surface area (Å²) in [5.41, 5.74) is 2.44. The van der Waals surface area contributed by atoms with Crippen molar-refractivity contribution >= 4 is 6.08 Å². The Balaban J connectivity index is 3.21. The molecule has 2 N–H and O–H groups in total. The highest BCUT2D eigenvalue weighted by atomic mass is 16.3. The lowest BCUT2D eigenvalue weighted by Gasteiger charge is -2.06. The van der Waals surface area contributed by atoms with Crippen molar-refractivity contribution in [1.29, 1.82) is 0 Å². The standard InChI is InChI=1S/C10H12O2/c1-2-10-8(6-11)4-3-5-9(10)7-12/h2-5,11-12H,1,6-7H2. The summed E-state index contributed by atoms with van der Waals surface area (Å²) in [6, 6.07) is 5.44. The van der Waals surface area contributed by atoms with Gasteiger partial charge in [0.05, 0.1) is 13.2 Å². The molecule has 0 radical (unpaired) electrons. The van der Waals surface area contributed by atoms with E-state index in [1.807, 2.05) is 18.2 Å². The number of aliphatic hydroxyl groups excluding tert-OH is 2. The molecule has 2 heteroatoms. The van der Waals surface area contributed by atoms with Crippen LogP contribution >= 0.6 is 0 Å². The van der Waals surface area contributed by atoms with E-state index in [1.165, 1.54) is 0 Å². The largest absolute Gasteiger partial charge is 0.392 e. The molecule has 1 aromatic rings. The van der Waals surface area contributed by atoms with E-state index in [1.54, 1.807) is 6.08 Å². The summed E-state index contributed by atoms with van der Waals surface area (Å²) in [5, 5.41) is 17.9. The highest BCUT2D eigenvalue weighted by molar-refractivity contribution is 5.56. The summed E-state index contributed by atoms with van der Waals surface area (Å²) in [5.74, 6) is 0. The molecule has 1 aromatic carbocycles. The normalized spacial score (nSPS) is 9.83. The monoisotopic (exact) mass is 164 g/mol. The van der Waals surface area contributed by atoms with Crippen LogP contribution in [0.1, 0.15) is 16.7 Å². The summed E-state index contributed by atoms with van der Waals surface area (Å²) in [6.45, 7) is 3.59. The van der Waals surface area contributed by atoms with Gasteiger partial charge in [0.2, 0.25) is 0 Å². The van der Waals surface area contributed by atoms with Gasteiger partial charge < -0.3 is 10.2 Å². The molecule has 0 saturated heterocycles. The minimum Gasteiger partial charge on any atom is -0.392 e. The van der Waals surface area contributed by atoms with Crippen LogP contribution < -0.4 is 0 Å². The Kier molecular flexibility index (Phi) is 3.02. The molecule has 0 bridgehead atoms. The lowest BCUT2D eigenvalue weighted by molar-refractivity contribution is 0.275. The number of hydrogen-bond acceptors (Lipinski definition) is 2. The van der Waals surface area contributed by atoms with Crippen molar-refractivity contribution in [2.75, 3.05) is 0 Å². The lowest BCUT2D eigenvalue weighted by atomic mass is 10.0. The molecular weight excluding hydrogens is 152 g/mol. The van der Waals surface area contributed by atoms with Crippen LogP contribution in [0.25, 0.3) is 6.08 Å². The summed E-state index contributed by atoms with van der Waals surface area (Å²) in [4.78, 5) is 0. The van der Waals surface area contributed by atoms with Gasteiger partial charge in [-0.3, -0.25) is 0 Å². The van der Waals surface area contributed by atoms with Crippen LogP contribution in [0.3, 0.4) is 0 Å². The predicted molar refractivity (Wildman–Crippen MR) is 48.4 cm³/mol. The zero-order valence-electron chi connectivity index (χ0n) is 6.83. The zero-order chi connectivity index (χ0) is 8.97. The van der Waals surface area contributed by atoms with Gasteiger partial charge in [-0.15, -0.1) is 0 Å². The molecule has 0 aliphatic rings. The van der Waals surface area contributed by atoms with E-state index in [2.05, 4.69) is 6.58 Å². The van der Waals surface area contributed by atoms with Crippen molar-refractivity contribution < 1.29 is 10.2 Å². The fraction of sp³-hybridized carbons (Fsp3) is 0.200. The molecule has 0 saturated carbocycles. The van der Waals surface area contributed by atoms with Gasteiger partial charge in [-0.05, 0) is 16.7 Å². The third kappa shape index (κ3) is 1.55. The molecule has 0 atom stereocenters. The molecule has 0 amide bonds. The van der Waals surface area contributed by atoms with Gasteiger partial charge in [-0.1, -0.05) is 30.9 Å². The Morgan fingerprint density at radius 2 is 1.67 bits per heavy atom. The maximum atomic E-state index is 8.94. The van der Waals surface area contributed by atoms with Crippen LogP contribution in [0.4, 0.5) is 0 Å². The fourth-order valence-corrected chi connectivity index (χ4v) is 1.20. The van der Waals surface area contributed by atoms with Crippen molar-refractivity contribution in [3.05, 3.63) is 41.5 Å². The molecule has 0 unspecified atom stereocenters. The van der Waals surface area contributed by atoms with Crippen molar-refractivity contribution in [1.82, 2.24) is 0 Å². The highest BCUT2D eigenvalue weighted by Gasteiger charge is 2.02. The van der Waals surface area contributed by atoms with Crippen LogP contribution in [-0.2, 0) is 13.2 Å². The van der Waals surface area contributed by atoms with Crippen LogP contribution in [0, 0.1) is 0 Å². The second-order valence-electron chi connectivity index (χ2n) is 2.51. The van der Waals surface area contributed by atoms with Crippen LogP contribution in [0.2, 0.25) is 0 Å². The Labute approximate surface area is 71.8 Å². The van der Waals surface area contributed by atoms with Crippen molar-refractivity contribution in [2.24, 2.45) is 0 Å². The number of benzene rings is 1. The van der Waals surface area contributed by atoms with E-state index in [-0.39, 0.29) is 13.2 Å². The van der Waals surface area contributed by atoms with E-state index < -0.39 is 0 Å². The van der Waals surface area contributed by atoms with Gasteiger partial charge in [-0.25, -0.2) is 0 Å². The zero-order valence-corrected chi connectivity index (χ0v) is 6.83. The van der Waals surface area contributed by atoms with Crippen LogP contribution in [0.5, 0.6) is 0 Å². The minimum atomic E-state index is -0.0187. The first kappa shape index (κ1) is 8.97. The first-order valence-electron chi connectivity index (χ1n) is 3.78. The minimum absolute atomic E-state index is 0.0187. The number of aliphatic hydroxyl groups is 2. The third-order valence-electron chi connectivity index (χ3n) is 1.83. The molecule has 2 nitrogen and oxygen atoms in total. The number of rotatable bonds is 3. The van der Waals surface area contributed by atoms with E-state index >= 15 is 0 Å². The molecule has 0 spiro atoms. The van der Waals surface area contributed by atoms with Crippen LogP contribution in [-0.4, -0.2) is 10.2 Å². The maximum Gasteiger partial charge on any atom is 0.0687 e. The van der Waals surface area contributed by atoms with Gasteiger partial charge in [-0.2, -0.15) is 0 Å². The molecule has 0 aliphatic carbocycles. The summed E-state index contributed by atoms with van der Waals surface area (Å²) in [7, 11) is 0. The van der Waals surface area contributed by atoms with Gasteiger partial charge in [0.15, 0.2) is 0 Å². The molecular formula is C10H12O2. The average Bonchev–Trinajstić information content (AvgIpc) is 2.16. The lowest BCUT2D eigenvalue weighted by Crippen LogP contribution is -1.94. The topological polar surface area (TPSA) is 40.5 Å². The molecule has 0 aliphatic heterocycles. The summed E-state index contributed by atoms with van der Waals surface area (Å²) in [6.07, 6.45) is 1.65. The van der Waals surface area contributed by atoms with E-state index in [4.69, 9.17) is 10.2 Å². The molecule has 1 rings (SSSR count). The highest BCUT2D eigenvalue weighted by Crippen LogP contribution is 2.16. The molecule has 12 heavy (non-hydrogen) atoms. The van der Waals surface area contributed by atoms with Gasteiger partial charge in [0.25, 0.3) is 0 Å². The first-order valence-corrected chi connectivity index (χ1v) is 3.78. The van der Waals surface area contributed by atoms with Gasteiger partial charge in [0.1, 0.15) is 0 Å². The maximum absolute atomic E-state index is 8.94. The van der Waals surface area contributed by atoms with E-state index in [0.29, 0.717) is 0 Å². The Hall–Kier alpha value is -1.12. The third-order valence-corrected chi connectivity index (χ3v) is 1.83. The Morgan fingerprint density at radius 1 is 1.17 bits per heavy atom. The van der Waals surface area contributed by atoms with E-state index in [9.17, 15) is 0 Å². The van der Waals surface area contributed by atoms with Gasteiger partial charge >= 0.3 is 0 Å². The first-order chi connectivity index (χ1) is 5.83. The van der Waals surface area contributed by atoms with E-state index in [0.717, 1.165) is 16.7 Å². The smallest absolute Gasteiger partial charge is 0.0687 e. The Bertz CT molecular complexity index is 257. The number of hydrogen-bond donors (Lipinski definition) is 2. The van der Waals surface area contributed by atoms with Crippen molar-refractivity contribution in [2.45, 2.75) is 13.2 Å². The quantitative estimate of drug-likeness (QED) is 0.707. The Morgan fingerprint density at radius 3 is 2.00 bits per heavy atom. The SMILES string of the molecule is C=Cc1c(CO)cccc1CO. The molecule has 0 aromatic heterocycles. The predicted octanol–water partition coefficient (Wildman–Crippen LogP) is 1.31. The van der Waals surface area contributed by atoms with Crippen molar-refractivity contribution in [3.8, 4) is 0 Å². The fourth-order valence-electron chi connectivity index (χ4n) is 1.20. The second kappa shape index (κ2) is 4.04. The summed E-state index contributed by atoms with van der Waals surface area (Å²) >= 11 is 0.